The second-order valence-corrected chi connectivity index (χ2v) is 6.45. The topological polar surface area (TPSA) is 60.5 Å². The van der Waals surface area contributed by atoms with Crippen LogP contribution in [-0.4, -0.2) is 35.9 Å². The van der Waals surface area contributed by atoms with E-state index in [9.17, 15) is 4.79 Å². The minimum Gasteiger partial charge on any atom is -0.348 e. The number of aromatic nitrogens is 1. The molecule has 1 N–H and O–H groups in total. The maximum atomic E-state index is 11.8. The van der Waals surface area contributed by atoms with Gasteiger partial charge in [0.2, 0.25) is 0 Å². The number of rotatable bonds is 3. The maximum absolute atomic E-state index is 11.8. The lowest BCUT2D eigenvalue weighted by molar-refractivity contribution is -0.191. The van der Waals surface area contributed by atoms with Crippen LogP contribution in [0, 0.1) is 5.92 Å². The number of thiazole rings is 1. The molecule has 6 heteroatoms. The van der Waals surface area contributed by atoms with Gasteiger partial charge < -0.3 is 14.8 Å². The molecule has 0 radical (unpaired) electrons. The van der Waals surface area contributed by atoms with Crippen molar-refractivity contribution >= 4 is 17.2 Å². The number of nitrogens with zero attached hydrogens (tertiary/aromatic N) is 1. The van der Waals surface area contributed by atoms with E-state index in [4.69, 9.17) is 9.47 Å². The number of hydrogen-bond donors (Lipinski definition) is 1. The van der Waals surface area contributed by atoms with Crippen LogP contribution in [0.25, 0.3) is 0 Å². The summed E-state index contributed by atoms with van der Waals surface area (Å²) in [7, 11) is 0. The van der Waals surface area contributed by atoms with Gasteiger partial charge in [0.05, 0.1) is 12.1 Å². The Morgan fingerprint density at radius 1 is 1.55 bits per heavy atom. The van der Waals surface area contributed by atoms with Crippen LogP contribution in [0.15, 0.2) is 10.9 Å². The Bertz CT molecular complexity index is 455. The van der Waals surface area contributed by atoms with Crippen molar-refractivity contribution in [2.75, 3.05) is 13.2 Å². The molecule has 5 nitrogen and oxygen atoms in total. The van der Waals surface area contributed by atoms with E-state index in [1.807, 2.05) is 0 Å². The van der Waals surface area contributed by atoms with Crippen LogP contribution in [0.5, 0.6) is 0 Å². The summed E-state index contributed by atoms with van der Waals surface area (Å²) < 4.78 is 11.9. The van der Waals surface area contributed by atoms with Gasteiger partial charge in [-0.15, -0.1) is 11.3 Å². The molecular weight excluding hydrogens is 276 g/mol. The lowest BCUT2D eigenvalue weighted by Crippen LogP contribution is -2.38. The Hall–Kier alpha value is -0.980. The van der Waals surface area contributed by atoms with Gasteiger partial charge in [0.1, 0.15) is 11.8 Å². The van der Waals surface area contributed by atoms with E-state index >= 15 is 0 Å². The zero-order valence-electron chi connectivity index (χ0n) is 11.6. The van der Waals surface area contributed by atoms with Gasteiger partial charge in [-0.1, -0.05) is 6.92 Å². The van der Waals surface area contributed by atoms with Crippen molar-refractivity contribution in [1.82, 2.24) is 10.3 Å². The molecule has 1 amide bonds. The van der Waals surface area contributed by atoms with E-state index < -0.39 is 0 Å². The van der Waals surface area contributed by atoms with Crippen LogP contribution in [0.3, 0.4) is 0 Å². The molecule has 1 saturated heterocycles. The summed E-state index contributed by atoms with van der Waals surface area (Å²) in [4.78, 5) is 15.8. The zero-order chi connectivity index (χ0) is 14.0. The monoisotopic (exact) mass is 296 g/mol. The van der Waals surface area contributed by atoms with Crippen LogP contribution in [0.1, 0.15) is 43.1 Å². The van der Waals surface area contributed by atoms with E-state index in [-0.39, 0.29) is 17.8 Å². The summed E-state index contributed by atoms with van der Waals surface area (Å²) in [5.41, 5.74) is 2.12. The van der Waals surface area contributed by atoms with Crippen LogP contribution < -0.4 is 5.32 Å². The molecule has 3 rings (SSSR count). The molecule has 1 spiro atoms. The summed E-state index contributed by atoms with van der Waals surface area (Å²) >= 11 is 1.42. The van der Waals surface area contributed by atoms with Crippen molar-refractivity contribution in [1.29, 1.82) is 0 Å². The van der Waals surface area contributed by atoms with Gasteiger partial charge >= 0.3 is 0 Å². The number of amides is 1. The van der Waals surface area contributed by atoms with E-state index in [0.29, 0.717) is 18.8 Å². The van der Waals surface area contributed by atoms with Crippen LogP contribution in [-0.2, 0) is 9.47 Å². The summed E-state index contributed by atoms with van der Waals surface area (Å²) in [6.07, 6.45) is 4.18. The highest BCUT2D eigenvalue weighted by atomic mass is 32.1. The average Bonchev–Trinajstić information content (AvgIpc) is 3.10. The van der Waals surface area contributed by atoms with Crippen LogP contribution >= 0.6 is 11.3 Å². The van der Waals surface area contributed by atoms with Gasteiger partial charge in [-0.3, -0.25) is 4.79 Å². The smallest absolute Gasteiger partial charge is 0.270 e. The standard InChI is InChI=1S/C14H20N2O3S/c1-10-2-4-14(5-3-10)18-7-11(19-14)6-15-13(17)12-8-20-9-16-12/h8-11H,2-7H2,1H3,(H,15,17). The van der Waals surface area contributed by atoms with Crippen molar-refractivity contribution in [3.05, 3.63) is 16.6 Å². The Kier molecular flexibility index (Phi) is 4.05. The van der Waals surface area contributed by atoms with Gasteiger partial charge in [0, 0.05) is 24.8 Å². The molecule has 1 aliphatic carbocycles. The molecular formula is C14H20N2O3S. The number of carbonyl (C=O) groups excluding carboxylic acids is 1. The average molecular weight is 296 g/mol. The Balaban J connectivity index is 1.47. The van der Waals surface area contributed by atoms with Crippen molar-refractivity contribution in [3.8, 4) is 0 Å². The molecule has 2 fully saturated rings. The van der Waals surface area contributed by atoms with Crippen molar-refractivity contribution in [2.45, 2.75) is 44.5 Å². The molecule has 1 atom stereocenters. The fourth-order valence-corrected chi connectivity index (χ4v) is 3.34. The lowest BCUT2D eigenvalue weighted by atomic mass is 9.86. The lowest BCUT2D eigenvalue weighted by Gasteiger charge is -2.34. The van der Waals surface area contributed by atoms with E-state index in [1.165, 1.54) is 11.3 Å². The third kappa shape index (κ3) is 3.02. The summed E-state index contributed by atoms with van der Waals surface area (Å²) in [6.45, 7) is 3.31. The van der Waals surface area contributed by atoms with Crippen LogP contribution in [0.2, 0.25) is 0 Å². The molecule has 0 bridgehead atoms. The third-order valence-corrected chi connectivity index (χ3v) is 4.69. The summed E-state index contributed by atoms with van der Waals surface area (Å²) in [5.74, 6) is 0.229. The van der Waals surface area contributed by atoms with Crippen LogP contribution in [0.4, 0.5) is 0 Å². The SMILES string of the molecule is CC1CCC2(CC1)OCC(CNC(=O)c1cscn1)O2. The van der Waals surface area contributed by atoms with E-state index in [1.54, 1.807) is 10.9 Å². The second kappa shape index (κ2) is 5.79. The van der Waals surface area contributed by atoms with Crippen molar-refractivity contribution in [3.63, 3.8) is 0 Å². The fourth-order valence-electron chi connectivity index (χ4n) is 2.80. The van der Waals surface area contributed by atoms with Crippen molar-refractivity contribution < 1.29 is 14.3 Å². The fraction of sp³-hybridized carbons (Fsp3) is 0.714. The summed E-state index contributed by atoms with van der Waals surface area (Å²) in [6, 6.07) is 0. The largest absolute Gasteiger partial charge is 0.348 e. The Labute approximate surface area is 122 Å². The highest BCUT2D eigenvalue weighted by Gasteiger charge is 2.43. The molecule has 2 heterocycles. The number of ether oxygens (including phenoxy) is 2. The number of nitrogens with one attached hydrogen (secondary N) is 1. The molecule has 0 aromatic carbocycles. The normalized spacial score (nSPS) is 33.5. The Morgan fingerprint density at radius 3 is 3.05 bits per heavy atom. The van der Waals surface area contributed by atoms with Gasteiger partial charge in [-0.25, -0.2) is 4.98 Å². The molecule has 1 saturated carbocycles. The molecule has 1 aliphatic heterocycles. The molecule has 20 heavy (non-hydrogen) atoms. The van der Waals surface area contributed by atoms with Gasteiger partial charge in [0.25, 0.3) is 5.91 Å². The first-order valence-corrected chi connectivity index (χ1v) is 8.09. The predicted molar refractivity (Wildman–Crippen MR) is 75.6 cm³/mol. The first kappa shape index (κ1) is 14.0. The first-order valence-electron chi connectivity index (χ1n) is 7.15. The number of carbonyl (C=O) groups is 1. The predicted octanol–water partition coefficient (Wildman–Crippen LogP) is 2.19. The van der Waals surface area contributed by atoms with Gasteiger partial charge in [-0.2, -0.15) is 0 Å². The molecule has 110 valence electrons. The van der Waals surface area contributed by atoms with E-state index in [2.05, 4.69) is 17.2 Å². The summed E-state index contributed by atoms with van der Waals surface area (Å²) in [5, 5.41) is 4.60. The highest BCUT2D eigenvalue weighted by Crippen LogP contribution is 2.39. The first-order chi connectivity index (χ1) is 9.67. The number of hydrogen-bond acceptors (Lipinski definition) is 5. The van der Waals surface area contributed by atoms with Gasteiger partial charge in [0.15, 0.2) is 5.79 Å². The van der Waals surface area contributed by atoms with E-state index in [0.717, 1.165) is 31.6 Å². The second-order valence-electron chi connectivity index (χ2n) is 5.73. The Morgan fingerprint density at radius 2 is 2.35 bits per heavy atom. The van der Waals surface area contributed by atoms with Gasteiger partial charge in [-0.05, 0) is 18.8 Å². The molecule has 2 aliphatic rings. The molecule has 1 aromatic heterocycles. The maximum Gasteiger partial charge on any atom is 0.270 e. The highest BCUT2D eigenvalue weighted by molar-refractivity contribution is 7.07. The minimum absolute atomic E-state index is 0.0500. The molecule has 1 unspecified atom stereocenters. The quantitative estimate of drug-likeness (QED) is 0.929. The third-order valence-electron chi connectivity index (χ3n) is 4.11. The van der Waals surface area contributed by atoms with Crippen molar-refractivity contribution in [2.24, 2.45) is 5.92 Å². The molecule has 1 aromatic rings. The minimum atomic E-state index is -0.386. The zero-order valence-corrected chi connectivity index (χ0v) is 12.4.